The molecular formula is C19H18. The molecule has 94 valence electrons. The van der Waals surface area contributed by atoms with E-state index < -0.39 is 0 Å². The van der Waals surface area contributed by atoms with Crippen molar-refractivity contribution in [3.8, 4) is 0 Å². The summed E-state index contributed by atoms with van der Waals surface area (Å²) in [6.07, 6.45) is 2.20. The standard InChI is InChI=1S/C19H18/c1-4-13(2)19-17-11-7-5-9-15(17)14(3)16-10-6-8-12-18(16)19/h4-12H,1-3H3. The molecule has 0 bridgehead atoms. The number of aryl methyl sites for hydroxylation is 1. The molecule has 0 atom stereocenters. The SMILES string of the molecule is CC=C(C)c1c2ccccc2c(C)c2ccccc12. The summed E-state index contributed by atoms with van der Waals surface area (Å²) in [4.78, 5) is 0. The molecule has 0 spiro atoms. The number of allylic oxidation sites excluding steroid dienone is 2. The Morgan fingerprint density at radius 1 is 0.789 bits per heavy atom. The Morgan fingerprint density at radius 3 is 1.63 bits per heavy atom. The van der Waals surface area contributed by atoms with Gasteiger partial charge in [0.1, 0.15) is 0 Å². The van der Waals surface area contributed by atoms with Crippen molar-refractivity contribution in [1.29, 1.82) is 0 Å². The van der Waals surface area contributed by atoms with Crippen LogP contribution in [0.3, 0.4) is 0 Å². The third kappa shape index (κ3) is 1.76. The number of fused-ring (bicyclic) bond motifs is 2. The van der Waals surface area contributed by atoms with Crippen molar-refractivity contribution in [2.75, 3.05) is 0 Å². The second kappa shape index (κ2) is 4.55. The third-order valence-electron chi connectivity index (χ3n) is 4.03. The van der Waals surface area contributed by atoms with Crippen molar-refractivity contribution in [3.63, 3.8) is 0 Å². The maximum Gasteiger partial charge on any atom is -0.00732 e. The Bertz CT molecular complexity index is 735. The fourth-order valence-corrected chi connectivity index (χ4v) is 2.92. The molecule has 0 fully saturated rings. The van der Waals surface area contributed by atoms with Crippen LogP contribution in [-0.2, 0) is 0 Å². The Labute approximate surface area is 114 Å². The van der Waals surface area contributed by atoms with E-state index in [1.54, 1.807) is 0 Å². The zero-order valence-corrected chi connectivity index (χ0v) is 11.7. The van der Waals surface area contributed by atoms with Gasteiger partial charge in [-0.15, -0.1) is 0 Å². The smallest absolute Gasteiger partial charge is 0.00732 e. The van der Waals surface area contributed by atoms with Gasteiger partial charge in [-0.05, 0) is 59.0 Å². The van der Waals surface area contributed by atoms with Crippen LogP contribution in [0.4, 0.5) is 0 Å². The van der Waals surface area contributed by atoms with Crippen LogP contribution in [0.25, 0.3) is 27.1 Å². The van der Waals surface area contributed by atoms with Crippen LogP contribution in [0.1, 0.15) is 25.0 Å². The first-order valence-corrected chi connectivity index (χ1v) is 6.77. The second-order valence-corrected chi connectivity index (χ2v) is 5.06. The topological polar surface area (TPSA) is 0 Å². The van der Waals surface area contributed by atoms with Gasteiger partial charge in [0.05, 0.1) is 0 Å². The minimum absolute atomic E-state index is 1.34. The maximum atomic E-state index is 2.23. The van der Waals surface area contributed by atoms with Gasteiger partial charge >= 0.3 is 0 Å². The van der Waals surface area contributed by atoms with Gasteiger partial charge in [0.25, 0.3) is 0 Å². The van der Waals surface area contributed by atoms with E-state index in [1.807, 2.05) is 0 Å². The molecule has 0 saturated carbocycles. The predicted molar refractivity (Wildman–Crippen MR) is 85.5 cm³/mol. The van der Waals surface area contributed by atoms with E-state index in [9.17, 15) is 0 Å². The quantitative estimate of drug-likeness (QED) is 0.481. The van der Waals surface area contributed by atoms with Crippen LogP contribution in [0.2, 0.25) is 0 Å². The maximum absolute atomic E-state index is 2.23. The van der Waals surface area contributed by atoms with Gasteiger partial charge in [0.2, 0.25) is 0 Å². The first-order valence-electron chi connectivity index (χ1n) is 6.77. The number of hydrogen-bond acceptors (Lipinski definition) is 0. The van der Waals surface area contributed by atoms with E-state index in [4.69, 9.17) is 0 Å². The van der Waals surface area contributed by atoms with E-state index >= 15 is 0 Å². The molecule has 0 nitrogen and oxygen atoms in total. The van der Waals surface area contributed by atoms with Gasteiger partial charge in [-0.3, -0.25) is 0 Å². The molecule has 0 heterocycles. The van der Waals surface area contributed by atoms with Gasteiger partial charge < -0.3 is 0 Å². The minimum atomic E-state index is 1.34. The average molecular weight is 246 g/mol. The summed E-state index contributed by atoms with van der Waals surface area (Å²) in [6.45, 7) is 6.53. The molecule has 0 unspecified atom stereocenters. The lowest BCUT2D eigenvalue weighted by Gasteiger charge is -2.15. The van der Waals surface area contributed by atoms with Crippen molar-refractivity contribution in [1.82, 2.24) is 0 Å². The van der Waals surface area contributed by atoms with Gasteiger partial charge in [-0.2, -0.15) is 0 Å². The number of hydrogen-bond donors (Lipinski definition) is 0. The van der Waals surface area contributed by atoms with Crippen LogP contribution < -0.4 is 0 Å². The van der Waals surface area contributed by atoms with Gasteiger partial charge in [0.15, 0.2) is 0 Å². The Morgan fingerprint density at radius 2 is 1.21 bits per heavy atom. The number of rotatable bonds is 1. The first kappa shape index (κ1) is 12.0. The summed E-state index contributed by atoms with van der Waals surface area (Å²) < 4.78 is 0. The summed E-state index contributed by atoms with van der Waals surface area (Å²) in [7, 11) is 0. The fourth-order valence-electron chi connectivity index (χ4n) is 2.92. The van der Waals surface area contributed by atoms with Crippen molar-refractivity contribution >= 4 is 27.1 Å². The van der Waals surface area contributed by atoms with Crippen LogP contribution in [0, 0.1) is 6.92 Å². The first-order chi connectivity index (χ1) is 9.24. The zero-order valence-electron chi connectivity index (χ0n) is 11.7. The summed E-state index contributed by atoms with van der Waals surface area (Å²) in [5, 5.41) is 5.43. The summed E-state index contributed by atoms with van der Waals surface area (Å²) in [5.41, 5.74) is 4.09. The summed E-state index contributed by atoms with van der Waals surface area (Å²) in [5.74, 6) is 0. The molecule has 0 aromatic heterocycles. The van der Waals surface area contributed by atoms with Gasteiger partial charge in [-0.1, -0.05) is 54.6 Å². The molecule has 3 rings (SSSR count). The molecule has 0 amide bonds. The molecule has 0 aliphatic heterocycles. The lowest BCUT2D eigenvalue weighted by atomic mass is 9.89. The predicted octanol–water partition coefficient (Wildman–Crippen LogP) is 5.72. The summed E-state index contributed by atoms with van der Waals surface area (Å²) in [6, 6.07) is 17.4. The molecule has 3 aromatic carbocycles. The Balaban J connectivity index is 2.64. The highest BCUT2D eigenvalue weighted by molar-refractivity contribution is 6.11. The van der Waals surface area contributed by atoms with E-state index in [0.717, 1.165) is 0 Å². The number of benzene rings is 3. The minimum Gasteiger partial charge on any atom is -0.0841 e. The van der Waals surface area contributed by atoms with E-state index in [2.05, 4.69) is 75.4 Å². The molecule has 0 saturated heterocycles. The lowest BCUT2D eigenvalue weighted by molar-refractivity contribution is 1.55. The molecule has 0 N–H and O–H groups in total. The molecular weight excluding hydrogens is 228 g/mol. The monoisotopic (exact) mass is 246 g/mol. The highest BCUT2D eigenvalue weighted by atomic mass is 14.1. The van der Waals surface area contributed by atoms with Crippen molar-refractivity contribution in [2.24, 2.45) is 0 Å². The highest BCUT2D eigenvalue weighted by Gasteiger charge is 2.11. The average Bonchev–Trinajstić information content (AvgIpc) is 2.47. The third-order valence-corrected chi connectivity index (χ3v) is 4.03. The van der Waals surface area contributed by atoms with E-state index in [1.165, 1.54) is 38.2 Å². The fraction of sp³-hybridized carbons (Fsp3) is 0.158. The van der Waals surface area contributed by atoms with Gasteiger partial charge in [-0.25, -0.2) is 0 Å². The van der Waals surface area contributed by atoms with Crippen LogP contribution in [-0.4, -0.2) is 0 Å². The largest absolute Gasteiger partial charge is 0.0841 e. The lowest BCUT2D eigenvalue weighted by Crippen LogP contribution is -1.90. The zero-order chi connectivity index (χ0) is 13.4. The molecule has 0 radical (unpaired) electrons. The Hall–Kier alpha value is -2.08. The highest BCUT2D eigenvalue weighted by Crippen LogP contribution is 2.35. The van der Waals surface area contributed by atoms with Crippen molar-refractivity contribution in [3.05, 3.63) is 65.7 Å². The van der Waals surface area contributed by atoms with E-state index in [0.29, 0.717) is 0 Å². The van der Waals surface area contributed by atoms with E-state index in [-0.39, 0.29) is 0 Å². The van der Waals surface area contributed by atoms with Crippen LogP contribution in [0.15, 0.2) is 54.6 Å². The van der Waals surface area contributed by atoms with Crippen molar-refractivity contribution in [2.45, 2.75) is 20.8 Å². The summed E-state index contributed by atoms with van der Waals surface area (Å²) >= 11 is 0. The molecule has 0 aliphatic carbocycles. The second-order valence-electron chi connectivity index (χ2n) is 5.06. The Kier molecular flexibility index (Phi) is 2.87. The molecule has 19 heavy (non-hydrogen) atoms. The normalized spacial score (nSPS) is 12.3. The van der Waals surface area contributed by atoms with Crippen LogP contribution >= 0.6 is 0 Å². The molecule has 0 heteroatoms. The molecule has 0 aliphatic rings. The molecule has 3 aromatic rings. The van der Waals surface area contributed by atoms with Crippen molar-refractivity contribution < 1.29 is 0 Å². The van der Waals surface area contributed by atoms with Crippen LogP contribution in [0.5, 0.6) is 0 Å². The van der Waals surface area contributed by atoms with Gasteiger partial charge in [0, 0.05) is 0 Å².